The maximum Gasteiger partial charge on any atom is 0.435 e. The second kappa shape index (κ2) is 8.88. The normalized spacial score (nSPS) is 11.5. The summed E-state index contributed by atoms with van der Waals surface area (Å²) in [6.07, 6.45) is -3.03. The Labute approximate surface area is 202 Å². The van der Waals surface area contributed by atoms with Crippen molar-refractivity contribution in [1.82, 2.24) is 14.8 Å². The van der Waals surface area contributed by atoms with Gasteiger partial charge in [0, 0.05) is 22.7 Å². The first kappa shape index (κ1) is 22.6. The lowest BCUT2D eigenvalue weighted by molar-refractivity contribution is -0.141. The van der Waals surface area contributed by atoms with Gasteiger partial charge in [-0.25, -0.2) is 9.67 Å². The van der Waals surface area contributed by atoms with Crippen molar-refractivity contribution < 1.29 is 18.0 Å². The van der Waals surface area contributed by atoms with Crippen LogP contribution in [0.1, 0.15) is 16.1 Å². The number of rotatable bonds is 4. The van der Waals surface area contributed by atoms with E-state index in [4.69, 9.17) is 11.6 Å². The molecule has 1 amide bonds. The van der Waals surface area contributed by atoms with E-state index < -0.39 is 17.8 Å². The summed E-state index contributed by atoms with van der Waals surface area (Å²) in [5, 5.41) is 8.53. The maximum atomic E-state index is 13.4. The van der Waals surface area contributed by atoms with Crippen LogP contribution in [0.15, 0.2) is 91.1 Å². The molecule has 1 N–H and O–H groups in total. The molecular formula is C26H16ClF3N4O. The minimum atomic E-state index is -4.63. The van der Waals surface area contributed by atoms with E-state index in [1.54, 1.807) is 42.6 Å². The van der Waals surface area contributed by atoms with Crippen LogP contribution in [0.2, 0.25) is 5.02 Å². The Kier molecular flexibility index (Phi) is 5.74. The molecule has 0 unspecified atom stereocenters. The van der Waals surface area contributed by atoms with Crippen LogP contribution in [0.3, 0.4) is 0 Å². The molecule has 35 heavy (non-hydrogen) atoms. The van der Waals surface area contributed by atoms with Crippen LogP contribution in [0.4, 0.5) is 19.0 Å². The fourth-order valence-electron chi connectivity index (χ4n) is 3.72. The van der Waals surface area contributed by atoms with Gasteiger partial charge in [0.05, 0.1) is 16.4 Å². The zero-order valence-electron chi connectivity index (χ0n) is 17.9. The number of anilines is 1. The number of benzene rings is 3. The summed E-state index contributed by atoms with van der Waals surface area (Å²) in [6, 6.07) is 23.0. The molecule has 0 radical (unpaired) electrons. The summed E-state index contributed by atoms with van der Waals surface area (Å²) in [6.45, 7) is 0. The van der Waals surface area contributed by atoms with Crippen LogP contribution in [-0.2, 0) is 6.18 Å². The van der Waals surface area contributed by atoms with Gasteiger partial charge >= 0.3 is 6.18 Å². The number of carbonyl (C=O) groups is 1. The van der Waals surface area contributed by atoms with E-state index in [0.29, 0.717) is 22.6 Å². The van der Waals surface area contributed by atoms with Gasteiger partial charge in [-0.05, 0) is 41.8 Å². The monoisotopic (exact) mass is 492 g/mol. The molecule has 0 fully saturated rings. The third-order valence-electron chi connectivity index (χ3n) is 5.43. The summed E-state index contributed by atoms with van der Waals surface area (Å²) < 4.78 is 41.5. The molecular weight excluding hydrogens is 477 g/mol. The van der Waals surface area contributed by atoms with Gasteiger partial charge in [0.25, 0.3) is 5.91 Å². The smallest absolute Gasteiger partial charge is 0.306 e. The summed E-state index contributed by atoms with van der Waals surface area (Å²) in [5.41, 5.74) is 0.212. The van der Waals surface area contributed by atoms with E-state index in [1.165, 1.54) is 12.1 Å². The van der Waals surface area contributed by atoms with Crippen molar-refractivity contribution in [1.29, 1.82) is 0 Å². The number of pyridine rings is 1. The lowest BCUT2D eigenvalue weighted by Crippen LogP contribution is -2.13. The molecule has 174 valence electrons. The fourth-order valence-corrected chi connectivity index (χ4v) is 3.94. The first-order valence-electron chi connectivity index (χ1n) is 10.5. The Hall–Kier alpha value is -4.17. The maximum absolute atomic E-state index is 13.4. The lowest BCUT2D eigenvalue weighted by Gasteiger charge is -2.10. The highest BCUT2D eigenvalue weighted by atomic mass is 35.5. The molecule has 0 saturated heterocycles. The number of fused-ring (bicyclic) bond motifs is 1. The Morgan fingerprint density at radius 1 is 0.914 bits per heavy atom. The predicted molar refractivity (Wildman–Crippen MR) is 129 cm³/mol. The highest BCUT2D eigenvalue weighted by Crippen LogP contribution is 2.34. The van der Waals surface area contributed by atoms with Gasteiger partial charge in [0.15, 0.2) is 5.69 Å². The number of nitrogens with zero attached hydrogens (tertiary/aromatic N) is 3. The van der Waals surface area contributed by atoms with Gasteiger partial charge in [-0.3, -0.25) is 4.79 Å². The second-order valence-electron chi connectivity index (χ2n) is 7.69. The van der Waals surface area contributed by atoms with Gasteiger partial charge in [-0.15, -0.1) is 0 Å². The zero-order valence-corrected chi connectivity index (χ0v) is 18.7. The molecule has 0 aliphatic heterocycles. The van der Waals surface area contributed by atoms with E-state index in [0.717, 1.165) is 21.5 Å². The van der Waals surface area contributed by atoms with Crippen molar-refractivity contribution in [3.05, 3.63) is 107 Å². The number of para-hydroxylation sites is 1. The number of hydrogen-bond acceptors (Lipinski definition) is 3. The van der Waals surface area contributed by atoms with Crippen molar-refractivity contribution in [2.24, 2.45) is 0 Å². The van der Waals surface area contributed by atoms with E-state index in [9.17, 15) is 18.0 Å². The summed E-state index contributed by atoms with van der Waals surface area (Å²) in [5.74, 6) is 0.0276. The van der Waals surface area contributed by atoms with Crippen LogP contribution in [0.25, 0.3) is 27.7 Å². The van der Waals surface area contributed by atoms with E-state index in [1.807, 2.05) is 30.3 Å². The number of alkyl halides is 3. The van der Waals surface area contributed by atoms with E-state index >= 15 is 0 Å². The Bertz CT molecular complexity index is 1540. The molecule has 0 aliphatic carbocycles. The number of aromatic nitrogens is 3. The van der Waals surface area contributed by atoms with Crippen molar-refractivity contribution in [2.75, 3.05) is 5.32 Å². The fraction of sp³-hybridized carbons (Fsp3) is 0.0385. The Morgan fingerprint density at radius 2 is 1.63 bits per heavy atom. The first-order chi connectivity index (χ1) is 16.8. The number of carbonyl (C=O) groups excluding carboxylic acids is 1. The van der Waals surface area contributed by atoms with Gasteiger partial charge in [0.2, 0.25) is 0 Å². The average molecular weight is 493 g/mol. The largest absolute Gasteiger partial charge is 0.435 e. The molecule has 5 rings (SSSR count). The third kappa shape index (κ3) is 4.48. The van der Waals surface area contributed by atoms with Crippen molar-refractivity contribution in [3.63, 3.8) is 0 Å². The third-order valence-corrected chi connectivity index (χ3v) is 5.75. The van der Waals surface area contributed by atoms with Gasteiger partial charge < -0.3 is 5.32 Å². The van der Waals surface area contributed by atoms with Crippen LogP contribution in [0, 0.1) is 0 Å². The van der Waals surface area contributed by atoms with Crippen molar-refractivity contribution >= 4 is 34.1 Å². The minimum absolute atomic E-state index is 0.188. The molecule has 2 aromatic heterocycles. The topological polar surface area (TPSA) is 59.8 Å². The first-order valence-corrected chi connectivity index (χ1v) is 10.9. The number of halogens is 4. The molecule has 5 aromatic rings. The molecule has 0 atom stereocenters. The van der Waals surface area contributed by atoms with Crippen molar-refractivity contribution in [3.8, 4) is 16.9 Å². The van der Waals surface area contributed by atoms with E-state index in [2.05, 4.69) is 15.4 Å². The van der Waals surface area contributed by atoms with Crippen LogP contribution < -0.4 is 5.32 Å². The summed E-state index contributed by atoms with van der Waals surface area (Å²) >= 11 is 6.23. The standard InChI is InChI=1S/C26H16ClF3N4O/c27-20-7-3-4-8-21(20)34-22(15-23(33-34)26(28,29)30)17-9-11-18(12-10-17)25(35)32-24-19-6-2-1-5-16(19)13-14-31-24/h1-15H,(H,31,32,35). The SMILES string of the molecule is O=C(Nc1nccc2ccccc12)c1ccc(-c2cc(C(F)(F)F)nn2-c2ccccc2Cl)cc1. The summed E-state index contributed by atoms with van der Waals surface area (Å²) in [7, 11) is 0. The molecule has 3 aromatic carbocycles. The molecule has 5 nitrogen and oxygen atoms in total. The molecule has 2 heterocycles. The molecule has 0 bridgehead atoms. The zero-order chi connectivity index (χ0) is 24.6. The Morgan fingerprint density at radius 3 is 2.37 bits per heavy atom. The number of nitrogens with one attached hydrogen (secondary N) is 1. The summed E-state index contributed by atoms with van der Waals surface area (Å²) in [4.78, 5) is 17.1. The van der Waals surface area contributed by atoms with Crippen LogP contribution in [-0.4, -0.2) is 20.7 Å². The van der Waals surface area contributed by atoms with Gasteiger partial charge in [0.1, 0.15) is 5.82 Å². The molecule has 9 heteroatoms. The highest BCUT2D eigenvalue weighted by molar-refractivity contribution is 6.32. The average Bonchev–Trinajstić information content (AvgIpc) is 3.31. The van der Waals surface area contributed by atoms with E-state index in [-0.39, 0.29) is 10.7 Å². The van der Waals surface area contributed by atoms with Crippen LogP contribution in [0.5, 0.6) is 0 Å². The predicted octanol–water partition coefficient (Wildman–Crippen LogP) is 7.01. The number of amides is 1. The van der Waals surface area contributed by atoms with Crippen LogP contribution >= 0.6 is 11.6 Å². The quantitative estimate of drug-likeness (QED) is 0.293. The molecule has 0 spiro atoms. The highest BCUT2D eigenvalue weighted by Gasteiger charge is 2.35. The minimum Gasteiger partial charge on any atom is -0.306 e. The molecule has 0 aliphatic rings. The van der Waals surface area contributed by atoms with Gasteiger partial charge in [-0.2, -0.15) is 18.3 Å². The van der Waals surface area contributed by atoms with Crippen molar-refractivity contribution in [2.45, 2.75) is 6.18 Å². The Balaban J connectivity index is 1.48. The molecule has 0 saturated carbocycles. The van der Waals surface area contributed by atoms with Gasteiger partial charge in [-0.1, -0.05) is 60.1 Å². The number of hydrogen-bond donors (Lipinski definition) is 1. The lowest BCUT2D eigenvalue weighted by atomic mass is 10.1. The second-order valence-corrected chi connectivity index (χ2v) is 8.10.